The summed E-state index contributed by atoms with van der Waals surface area (Å²) in [5.74, 6) is -0.463. The molecule has 3 fully saturated rings. The number of nitrogens with one attached hydrogen (secondary N) is 1. The number of hydrogen-bond donors (Lipinski definition) is 1. The van der Waals surface area contributed by atoms with Crippen LogP contribution >= 0.6 is 0 Å². The largest absolute Gasteiger partial charge is 0.378 e. The van der Waals surface area contributed by atoms with Crippen molar-refractivity contribution in [3.8, 4) is 16.9 Å². The Balaban J connectivity index is 1.09. The number of piperazine rings is 1. The molecule has 4 aliphatic heterocycles. The molecule has 0 aliphatic carbocycles. The van der Waals surface area contributed by atoms with Gasteiger partial charge in [-0.25, -0.2) is 37.2 Å². The number of benzene rings is 2. The highest BCUT2D eigenvalue weighted by molar-refractivity contribution is 5.94. The van der Waals surface area contributed by atoms with Crippen molar-refractivity contribution in [2.24, 2.45) is 0 Å². The molecular formula is C40H41F4N13O2. The molecule has 6 aromatic rings. The first-order chi connectivity index (χ1) is 28.6. The highest BCUT2D eigenvalue weighted by Crippen LogP contribution is 2.40. The first-order valence-corrected chi connectivity index (χ1v) is 19.7. The molecule has 0 saturated carbocycles. The summed E-state index contributed by atoms with van der Waals surface area (Å²) >= 11 is 0. The van der Waals surface area contributed by atoms with E-state index < -0.39 is 36.3 Å². The van der Waals surface area contributed by atoms with Crippen LogP contribution in [0.2, 0.25) is 0 Å². The van der Waals surface area contributed by atoms with Gasteiger partial charge in [0.15, 0.2) is 11.5 Å². The van der Waals surface area contributed by atoms with E-state index in [0.29, 0.717) is 77.9 Å². The Hall–Kier alpha value is -5.95. The van der Waals surface area contributed by atoms with E-state index in [1.165, 1.54) is 29.1 Å². The standard InChI is InChI=1S/C40H41F4N13O2/c1-21-47-32-12-23(43)10-28-31-6-8-45-39(49-31)48-24-13-34(38(58)52(2)19-27(59-3)20-54(21)35(28)32)55(16-24)36-29-15-46-57(33-5-4-22(42)11-30(33)44)37(29)51-40(50-36)56-25-14-26(56)18-53(17-25)9-7-41/h4-6,8,10-12,15,24-27,34H,7,9,13-14,16-20H2,1-3H3,(H,45,48,49)/t24-,25?,26?,27-,34-/m0/s1. The van der Waals surface area contributed by atoms with E-state index >= 15 is 8.78 Å². The number of aromatic nitrogens is 8. The van der Waals surface area contributed by atoms with Gasteiger partial charge in [0.2, 0.25) is 17.8 Å². The summed E-state index contributed by atoms with van der Waals surface area (Å²) in [5, 5.41) is 8.44. The molecule has 1 amide bonds. The molecule has 15 nitrogen and oxygen atoms in total. The smallest absolute Gasteiger partial charge is 0.245 e. The number of rotatable bonds is 6. The van der Waals surface area contributed by atoms with Gasteiger partial charge in [-0.15, -0.1) is 0 Å². The van der Waals surface area contributed by atoms with E-state index in [2.05, 4.69) is 30.2 Å². The van der Waals surface area contributed by atoms with Crippen LogP contribution < -0.4 is 15.1 Å². The Morgan fingerprint density at radius 3 is 2.54 bits per heavy atom. The third-order valence-corrected chi connectivity index (χ3v) is 12.1. The fourth-order valence-corrected chi connectivity index (χ4v) is 9.37. The van der Waals surface area contributed by atoms with E-state index in [4.69, 9.17) is 19.7 Å². The number of likely N-dealkylation sites (tertiary alicyclic amines) is 1. The molecule has 6 bridgehead atoms. The molecule has 5 atom stereocenters. The van der Waals surface area contributed by atoms with Gasteiger partial charge in [-0.2, -0.15) is 15.1 Å². The molecule has 3 saturated heterocycles. The molecule has 1 N–H and O–H groups in total. The van der Waals surface area contributed by atoms with E-state index in [0.717, 1.165) is 18.6 Å². The van der Waals surface area contributed by atoms with Gasteiger partial charge in [0.25, 0.3) is 0 Å². The van der Waals surface area contributed by atoms with Crippen LogP contribution in [0.1, 0.15) is 18.7 Å². The van der Waals surface area contributed by atoms with Crippen LogP contribution in [0, 0.1) is 24.4 Å². The van der Waals surface area contributed by atoms with Crippen molar-refractivity contribution < 1.29 is 27.1 Å². The molecular weight excluding hydrogens is 771 g/mol. The van der Waals surface area contributed by atoms with Crippen LogP contribution in [0.5, 0.6) is 0 Å². The van der Waals surface area contributed by atoms with Crippen molar-refractivity contribution in [1.29, 1.82) is 0 Å². The van der Waals surface area contributed by atoms with E-state index in [1.807, 2.05) is 16.4 Å². The van der Waals surface area contributed by atoms with Gasteiger partial charge in [-0.05, 0) is 44.0 Å². The molecule has 306 valence electrons. The number of methoxy groups -OCH3 is 1. The normalized spacial score (nSPS) is 23.4. The summed E-state index contributed by atoms with van der Waals surface area (Å²) in [7, 11) is 3.32. The molecule has 8 heterocycles. The summed E-state index contributed by atoms with van der Waals surface area (Å²) < 4.78 is 67.2. The maximum absolute atomic E-state index is 15.4. The molecule has 10 rings (SSSR count). The Labute approximate surface area is 335 Å². The Morgan fingerprint density at radius 2 is 1.76 bits per heavy atom. The number of carbonyl (C=O) groups excluding carboxylic acids is 1. The summed E-state index contributed by atoms with van der Waals surface area (Å²) in [6, 6.07) is 6.75. The number of hydrogen-bond acceptors (Lipinski definition) is 12. The first-order valence-electron chi connectivity index (χ1n) is 19.7. The Morgan fingerprint density at radius 1 is 0.932 bits per heavy atom. The fourth-order valence-electron chi connectivity index (χ4n) is 9.37. The molecule has 19 heteroatoms. The fraction of sp³-hybridized carbons (Fsp3) is 0.425. The lowest BCUT2D eigenvalue weighted by atomic mass is 9.88. The van der Waals surface area contributed by atoms with Crippen LogP contribution in [-0.4, -0.2) is 139 Å². The molecule has 2 unspecified atom stereocenters. The average Bonchev–Trinajstić information content (AvgIpc) is 3.91. The summed E-state index contributed by atoms with van der Waals surface area (Å²) in [4.78, 5) is 46.7. The zero-order valence-corrected chi connectivity index (χ0v) is 32.6. The van der Waals surface area contributed by atoms with Crippen LogP contribution in [-0.2, 0) is 16.1 Å². The quantitative estimate of drug-likeness (QED) is 0.242. The van der Waals surface area contributed by atoms with Crippen molar-refractivity contribution in [3.05, 3.63) is 72.1 Å². The van der Waals surface area contributed by atoms with Crippen LogP contribution in [0.3, 0.4) is 0 Å². The monoisotopic (exact) mass is 811 g/mol. The van der Waals surface area contributed by atoms with Crippen LogP contribution in [0.4, 0.5) is 35.3 Å². The second-order valence-electron chi connectivity index (χ2n) is 15.8. The van der Waals surface area contributed by atoms with Gasteiger partial charge in [0.1, 0.15) is 41.7 Å². The van der Waals surface area contributed by atoms with E-state index in [-0.39, 0.29) is 54.4 Å². The number of amides is 1. The van der Waals surface area contributed by atoms with E-state index in [9.17, 15) is 13.6 Å². The zero-order valence-electron chi connectivity index (χ0n) is 32.6. The predicted octanol–water partition coefficient (Wildman–Crippen LogP) is 4.13. The number of alkyl halides is 1. The maximum atomic E-state index is 15.4. The molecule has 0 radical (unpaired) electrons. The minimum absolute atomic E-state index is 0.000753. The van der Waals surface area contributed by atoms with Gasteiger partial charge in [0, 0.05) is 88.9 Å². The van der Waals surface area contributed by atoms with E-state index in [1.54, 1.807) is 31.3 Å². The second kappa shape index (κ2) is 14.4. The van der Waals surface area contributed by atoms with Crippen LogP contribution in [0.15, 0.2) is 48.8 Å². The first kappa shape index (κ1) is 37.3. The molecule has 0 spiro atoms. The number of anilines is 3. The number of fused-ring (bicyclic) bond motifs is 8. The molecule has 2 aromatic carbocycles. The topological polar surface area (TPSA) is 138 Å². The van der Waals surface area contributed by atoms with Crippen molar-refractivity contribution >= 4 is 45.7 Å². The van der Waals surface area contributed by atoms with Crippen molar-refractivity contribution in [2.45, 2.75) is 56.6 Å². The average molecular weight is 812 g/mol. The summed E-state index contributed by atoms with van der Waals surface area (Å²) in [6.45, 7) is 3.82. The molecule has 4 aromatic heterocycles. The Bertz CT molecular complexity index is 2610. The van der Waals surface area contributed by atoms with Crippen molar-refractivity contribution in [2.75, 3.05) is 68.7 Å². The predicted molar refractivity (Wildman–Crippen MR) is 211 cm³/mol. The van der Waals surface area contributed by atoms with Gasteiger partial charge in [0.05, 0.1) is 41.0 Å². The second-order valence-corrected chi connectivity index (χ2v) is 15.8. The number of likely N-dealkylation sites (N-methyl/N-ethyl adjacent to an activating group) is 1. The number of halogens is 4. The number of nitrogens with zero attached hydrogens (tertiary/aromatic N) is 12. The molecule has 4 aliphatic rings. The Kier molecular flexibility index (Phi) is 9.11. The van der Waals surface area contributed by atoms with Gasteiger partial charge in [-0.1, -0.05) is 0 Å². The van der Waals surface area contributed by atoms with Crippen LogP contribution in [0.25, 0.3) is 39.0 Å². The lowest BCUT2D eigenvalue weighted by Gasteiger charge is -2.56. The minimum Gasteiger partial charge on any atom is -0.378 e. The number of imidazole rings is 1. The number of carbonyl (C=O) groups is 1. The van der Waals surface area contributed by atoms with Gasteiger partial charge in [-0.3, -0.25) is 9.69 Å². The van der Waals surface area contributed by atoms with Gasteiger partial charge < -0.3 is 29.3 Å². The summed E-state index contributed by atoms with van der Waals surface area (Å²) in [6.07, 6.45) is 3.88. The van der Waals surface area contributed by atoms with Crippen molar-refractivity contribution in [1.82, 2.24) is 49.1 Å². The zero-order chi connectivity index (χ0) is 40.7. The third-order valence-electron chi connectivity index (χ3n) is 12.1. The van der Waals surface area contributed by atoms with Gasteiger partial charge >= 0.3 is 0 Å². The number of aryl methyl sites for hydroxylation is 1. The maximum Gasteiger partial charge on any atom is 0.245 e. The minimum atomic E-state index is -0.820. The lowest BCUT2D eigenvalue weighted by Crippen LogP contribution is -2.69. The number of ether oxygens (including phenoxy) is 1. The third kappa shape index (κ3) is 6.37. The van der Waals surface area contributed by atoms with Crippen molar-refractivity contribution in [3.63, 3.8) is 0 Å². The summed E-state index contributed by atoms with van der Waals surface area (Å²) in [5.41, 5.74) is 2.48. The highest BCUT2D eigenvalue weighted by atomic mass is 19.1. The molecule has 59 heavy (non-hydrogen) atoms. The SMILES string of the molecule is CO[C@H]1CN(C)C(=O)[C@@H]2C[C@@H](CN2c2nc(N3C4CC3CN(CCF)C4)nc3c2cnn3-c2ccc(F)cc2F)Nc2nccc(n2)-c2cc(F)cc3nc(C)n(c23)C1. The number of piperidine rings is 1. The highest BCUT2D eigenvalue weighted by Gasteiger charge is 2.47. The lowest BCUT2D eigenvalue weighted by molar-refractivity contribution is -0.132.